The summed E-state index contributed by atoms with van der Waals surface area (Å²) in [6, 6.07) is 0. The van der Waals surface area contributed by atoms with Gasteiger partial charge >= 0.3 is 7.59 Å². The van der Waals surface area contributed by atoms with E-state index in [-0.39, 0.29) is 0 Å². The Morgan fingerprint density at radius 2 is 1.18 bits per heavy atom. The second-order valence-corrected chi connectivity index (χ2v) is 2.61. The van der Waals surface area contributed by atoms with Gasteiger partial charge in [0.25, 0.3) is 0 Å². The molecule has 0 unspecified atom stereocenters. The van der Waals surface area contributed by atoms with Crippen molar-refractivity contribution in [3.8, 4) is 0 Å². The second kappa shape index (κ2) is 4.05. The van der Waals surface area contributed by atoms with Crippen LogP contribution in [-0.2, 0) is 4.57 Å². The van der Waals surface area contributed by atoms with E-state index >= 15 is 0 Å². The van der Waals surface area contributed by atoms with Crippen molar-refractivity contribution in [3.63, 3.8) is 0 Å². The molecule has 0 radical (unpaired) electrons. The Morgan fingerprint density at radius 1 is 0.909 bits per heavy atom. The molecule has 0 saturated carbocycles. The molecule has 11 heavy (non-hydrogen) atoms. The largest absolute Gasteiger partial charge is 0.341 e. The Morgan fingerprint density at radius 3 is 1.36 bits per heavy atom. The molecule has 0 N–H and O–H groups in total. The summed E-state index contributed by atoms with van der Waals surface area (Å²) in [4.78, 5) is 13.8. The topological polar surface area (TPSA) is 163 Å². The van der Waals surface area contributed by atoms with Gasteiger partial charge in [-0.1, -0.05) is 0 Å². The first-order chi connectivity index (χ1) is 5.18. The maximum Gasteiger partial charge on any atom is 0.341 e. The average molecular weight is 173 g/mol. The zero-order valence-corrected chi connectivity index (χ0v) is 5.77. The summed E-state index contributed by atoms with van der Waals surface area (Å²) in [7, 11) is -4.09. The summed E-state index contributed by atoms with van der Waals surface area (Å²) in [5, 5.41) is 0. The van der Waals surface area contributed by atoms with Crippen LogP contribution in [0.1, 0.15) is 0 Å². The fourth-order valence-electron chi connectivity index (χ4n) is 0.210. The molecule has 0 amide bonds. The van der Waals surface area contributed by atoms with Crippen LogP contribution in [0.2, 0.25) is 0 Å². The van der Waals surface area contributed by atoms with E-state index in [1.165, 1.54) is 0 Å². The predicted octanol–water partition coefficient (Wildman–Crippen LogP) is 3.03. The third kappa shape index (κ3) is 3.00. The monoisotopic (exact) mass is 173 g/mol. The highest BCUT2D eigenvalue weighted by atomic mass is 31.2. The minimum atomic E-state index is -4.09. The third-order valence-corrected chi connectivity index (χ3v) is 1.41. The fraction of sp³-hybridized carbons (Fsp3) is 0. The van der Waals surface area contributed by atoms with E-state index in [0.29, 0.717) is 0 Å². The van der Waals surface area contributed by atoms with Crippen LogP contribution in [0.3, 0.4) is 0 Å². The van der Waals surface area contributed by atoms with Gasteiger partial charge in [0.05, 0.1) is 0 Å². The van der Waals surface area contributed by atoms with Gasteiger partial charge in [-0.15, -0.1) is 0 Å². The molecule has 0 bridgehead atoms. The molecule has 0 atom stereocenters. The van der Waals surface area contributed by atoms with Crippen LogP contribution in [0.15, 0.2) is 14.7 Å². The number of hydrogen-bond donors (Lipinski definition) is 0. The van der Waals surface area contributed by atoms with Crippen molar-refractivity contribution in [2.45, 2.75) is 0 Å². The number of hydrogen-bond acceptors (Lipinski definition) is 1. The molecule has 0 fully saturated rings. The van der Waals surface area contributed by atoms with E-state index in [9.17, 15) is 4.57 Å². The van der Waals surface area contributed by atoms with Gasteiger partial charge in [0.2, 0.25) is 0 Å². The van der Waals surface area contributed by atoms with Gasteiger partial charge in [-0.05, 0) is 31.2 Å². The van der Waals surface area contributed by atoms with Gasteiger partial charge in [-0.25, -0.2) is 0 Å². The first-order valence-electron chi connectivity index (χ1n) is 1.98. The second-order valence-electron chi connectivity index (χ2n) is 1.05. The van der Waals surface area contributed by atoms with Gasteiger partial charge in [0, 0.05) is 14.7 Å². The van der Waals surface area contributed by atoms with Crippen molar-refractivity contribution in [2.24, 2.45) is 14.7 Å². The van der Waals surface area contributed by atoms with E-state index in [0.717, 1.165) is 0 Å². The van der Waals surface area contributed by atoms with Crippen LogP contribution < -0.4 is 0 Å². The highest BCUT2D eigenvalue weighted by Crippen LogP contribution is 2.51. The first kappa shape index (κ1) is 9.16. The normalized spacial score (nSPS) is 12.7. The van der Waals surface area contributed by atoms with Gasteiger partial charge in [0.1, 0.15) is 0 Å². The molecule has 0 aliphatic rings. The van der Waals surface area contributed by atoms with Gasteiger partial charge in [-0.3, -0.25) is 0 Å². The van der Waals surface area contributed by atoms with Gasteiger partial charge < -0.3 is 4.57 Å². The molecule has 0 heterocycles. The van der Waals surface area contributed by atoms with E-state index in [1.54, 1.807) is 0 Å². The summed E-state index contributed by atoms with van der Waals surface area (Å²) in [5.74, 6) is 0. The fourth-order valence-corrected chi connectivity index (χ4v) is 0.630. The molecule has 56 valence electrons. The lowest BCUT2D eigenvalue weighted by Crippen LogP contribution is -1.57. The van der Waals surface area contributed by atoms with Crippen molar-refractivity contribution in [2.75, 3.05) is 0 Å². The maximum absolute atomic E-state index is 10.8. The number of azide groups is 1. The molecule has 0 saturated heterocycles. The van der Waals surface area contributed by atoms with Crippen LogP contribution in [0.5, 0.6) is 0 Å². The minimum Gasteiger partial charge on any atom is -0.303 e. The van der Waals surface area contributed by atoms with E-state index in [2.05, 4.69) is 29.4 Å². The first-order valence-corrected chi connectivity index (χ1v) is 3.55. The lowest BCUT2D eigenvalue weighted by molar-refractivity contribution is 0.577. The molecule has 0 aromatic rings. The molecule has 0 rings (SSSR count). The van der Waals surface area contributed by atoms with E-state index in [1.807, 2.05) is 0 Å². The summed E-state index contributed by atoms with van der Waals surface area (Å²) < 4.78 is 10.8. The standard InChI is InChI=1S/N9OP/c1-4-7-11(10,8-5-2)9-6-3. The lowest BCUT2D eigenvalue weighted by atomic mass is 13.0. The predicted molar refractivity (Wildman–Crippen MR) is 35.0 cm³/mol. The van der Waals surface area contributed by atoms with Crippen molar-refractivity contribution >= 4 is 7.59 Å². The highest BCUT2D eigenvalue weighted by molar-refractivity contribution is 7.59. The van der Waals surface area contributed by atoms with Gasteiger partial charge in [0.15, 0.2) is 0 Å². The summed E-state index contributed by atoms with van der Waals surface area (Å²) >= 11 is 0. The summed E-state index contributed by atoms with van der Waals surface area (Å²) in [6.07, 6.45) is 0. The lowest BCUT2D eigenvalue weighted by Gasteiger charge is -1.89. The average Bonchev–Trinajstić information content (AvgIpc) is 1.88. The molecule has 10 nitrogen and oxygen atoms in total. The minimum absolute atomic E-state index is 2.08. The Labute approximate surface area is 59.2 Å². The van der Waals surface area contributed by atoms with Crippen LogP contribution in [0.4, 0.5) is 0 Å². The third-order valence-electron chi connectivity index (χ3n) is 0.470. The van der Waals surface area contributed by atoms with Crippen LogP contribution >= 0.6 is 7.59 Å². The number of rotatable bonds is 3. The highest BCUT2D eigenvalue weighted by Gasteiger charge is 2.14. The SMILES string of the molecule is [N-]=[N+]=NP(=O)(N=[N+]=[N-])N=[N+]=[N-]. The molecule has 0 spiro atoms. The van der Waals surface area contributed by atoms with E-state index < -0.39 is 7.59 Å². The molecule has 0 aromatic heterocycles. The van der Waals surface area contributed by atoms with Crippen LogP contribution in [0, 0.1) is 0 Å². The van der Waals surface area contributed by atoms with E-state index in [4.69, 9.17) is 16.6 Å². The molecule has 0 aromatic carbocycles. The zero-order valence-electron chi connectivity index (χ0n) is 4.88. The van der Waals surface area contributed by atoms with Crippen LogP contribution in [0.25, 0.3) is 31.3 Å². The Kier molecular flexibility index (Phi) is 3.37. The van der Waals surface area contributed by atoms with Crippen LogP contribution in [-0.4, -0.2) is 0 Å². The molecule has 11 heteroatoms. The molecular weight excluding hydrogens is 173 g/mol. The van der Waals surface area contributed by atoms with Crippen molar-refractivity contribution in [1.29, 1.82) is 0 Å². The van der Waals surface area contributed by atoms with Gasteiger partial charge in [-0.2, -0.15) is 0 Å². The molecule has 0 aliphatic heterocycles. The number of nitrogens with zero attached hydrogens (tertiary/aromatic N) is 9. The summed E-state index contributed by atoms with van der Waals surface area (Å²) in [5.41, 5.74) is 23.3. The summed E-state index contributed by atoms with van der Waals surface area (Å²) in [6.45, 7) is 0. The quantitative estimate of drug-likeness (QED) is 0.272. The maximum atomic E-state index is 10.8. The zero-order chi connectivity index (χ0) is 8.74. The van der Waals surface area contributed by atoms with Crippen molar-refractivity contribution < 1.29 is 4.57 Å². The Hall–Kier alpha value is -1.84. The smallest absolute Gasteiger partial charge is 0.303 e. The molecule has 0 aliphatic carbocycles. The molecular formula is N9OP. The van der Waals surface area contributed by atoms with Crippen molar-refractivity contribution in [3.05, 3.63) is 31.3 Å². The van der Waals surface area contributed by atoms with Crippen molar-refractivity contribution in [1.82, 2.24) is 0 Å². The Bertz CT molecular complexity index is 267. The Balaban J connectivity index is 5.13.